The van der Waals surface area contributed by atoms with Crippen LogP contribution in [0.3, 0.4) is 0 Å². The predicted octanol–water partition coefficient (Wildman–Crippen LogP) is 7.54. The van der Waals surface area contributed by atoms with Crippen LogP contribution in [0.4, 0.5) is 11.4 Å². The van der Waals surface area contributed by atoms with Crippen molar-refractivity contribution < 1.29 is 18.8 Å². The van der Waals surface area contributed by atoms with Crippen LogP contribution in [0, 0.1) is 17.0 Å². The van der Waals surface area contributed by atoms with Gasteiger partial charge in [0.15, 0.2) is 5.11 Å². The maximum Gasteiger partial charge on any atom is 0.273 e. The molecular weight excluding hydrogens is 552 g/mol. The summed E-state index contributed by atoms with van der Waals surface area (Å²) in [6.07, 6.45) is 1.74. The summed E-state index contributed by atoms with van der Waals surface area (Å²) in [6, 6.07) is 28.8. The molecule has 6 rings (SSSR count). The van der Waals surface area contributed by atoms with Crippen molar-refractivity contribution in [3.05, 3.63) is 130 Å². The molecule has 10 heteroatoms. The van der Waals surface area contributed by atoms with Gasteiger partial charge >= 0.3 is 0 Å². The molecule has 3 heterocycles. The summed E-state index contributed by atoms with van der Waals surface area (Å²) in [7, 11) is 1.47. The molecule has 1 saturated heterocycles. The zero-order chi connectivity index (χ0) is 29.2. The van der Waals surface area contributed by atoms with Crippen LogP contribution in [-0.4, -0.2) is 22.1 Å². The highest BCUT2D eigenvalue weighted by molar-refractivity contribution is 7.80. The third-order valence-electron chi connectivity index (χ3n) is 7.05. The molecular formula is C32H26N4O5S. The van der Waals surface area contributed by atoms with Gasteiger partial charge in [-0.25, -0.2) is 0 Å². The molecule has 3 aromatic carbocycles. The van der Waals surface area contributed by atoms with E-state index in [1.807, 2.05) is 90.7 Å². The highest BCUT2D eigenvalue weighted by atomic mass is 32.1. The van der Waals surface area contributed by atoms with E-state index in [-0.39, 0.29) is 17.8 Å². The lowest BCUT2D eigenvalue weighted by molar-refractivity contribution is -0.384. The smallest absolute Gasteiger partial charge is 0.273 e. The number of anilines is 1. The number of aryl methyl sites for hydroxylation is 1. The summed E-state index contributed by atoms with van der Waals surface area (Å²) in [5, 5.41) is 15.2. The summed E-state index contributed by atoms with van der Waals surface area (Å²) >= 11 is 5.84. The zero-order valence-corrected chi connectivity index (χ0v) is 23.6. The van der Waals surface area contributed by atoms with Crippen LogP contribution in [0.25, 0.3) is 11.3 Å². The molecule has 1 aliphatic heterocycles. The second kappa shape index (κ2) is 11.3. The Labute approximate surface area is 247 Å². The molecule has 0 amide bonds. The number of methoxy groups -OCH3 is 1. The molecule has 1 fully saturated rings. The van der Waals surface area contributed by atoms with Gasteiger partial charge in [-0.2, -0.15) is 0 Å². The van der Waals surface area contributed by atoms with E-state index in [1.54, 1.807) is 12.3 Å². The first kappa shape index (κ1) is 27.0. The van der Waals surface area contributed by atoms with Crippen molar-refractivity contribution in [1.82, 2.24) is 10.3 Å². The lowest BCUT2D eigenvalue weighted by atomic mass is 10.0. The molecule has 9 nitrogen and oxygen atoms in total. The number of nitro benzene ring substituents is 1. The van der Waals surface area contributed by atoms with Gasteiger partial charge in [0.05, 0.1) is 35.4 Å². The third-order valence-corrected chi connectivity index (χ3v) is 7.36. The van der Waals surface area contributed by atoms with E-state index in [0.29, 0.717) is 33.7 Å². The molecule has 42 heavy (non-hydrogen) atoms. The van der Waals surface area contributed by atoms with Gasteiger partial charge in [-0.3, -0.25) is 15.1 Å². The number of hydrogen-bond acceptors (Lipinski definition) is 7. The first-order chi connectivity index (χ1) is 20.4. The van der Waals surface area contributed by atoms with E-state index in [2.05, 4.69) is 10.3 Å². The van der Waals surface area contributed by atoms with E-state index in [9.17, 15) is 10.1 Å². The highest BCUT2D eigenvalue weighted by Gasteiger charge is 2.42. The number of hydrogen-bond donors (Lipinski definition) is 1. The Morgan fingerprint density at radius 1 is 0.976 bits per heavy atom. The molecule has 0 saturated carbocycles. The molecule has 2 aromatic heterocycles. The summed E-state index contributed by atoms with van der Waals surface area (Å²) in [4.78, 5) is 17.4. The topological polar surface area (TPSA) is 103 Å². The van der Waals surface area contributed by atoms with Crippen LogP contribution in [0.15, 0.2) is 108 Å². The van der Waals surface area contributed by atoms with E-state index >= 15 is 0 Å². The van der Waals surface area contributed by atoms with Gasteiger partial charge < -0.3 is 24.1 Å². The minimum absolute atomic E-state index is 0.0658. The Balaban J connectivity index is 1.36. The van der Waals surface area contributed by atoms with Crippen molar-refractivity contribution >= 4 is 28.7 Å². The van der Waals surface area contributed by atoms with Gasteiger partial charge in [-0.1, -0.05) is 23.8 Å². The fourth-order valence-corrected chi connectivity index (χ4v) is 5.34. The Morgan fingerprint density at radius 2 is 1.71 bits per heavy atom. The Kier molecular flexibility index (Phi) is 7.28. The number of non-ortho nitro benzene ring substituents is 1. The molecule has 210 valence electrons. The second-order valence-electron chi connectivity index (χ2n) is 9.75. The average Bonchev–Trinajstić information content (AvgIpc) is 3.63. The number of benzene rings is 3. The van der Waals surface area contributed by atoms with Gasteiger partial charge in [0.25, 0.3) is 5.69 Å². The quantitative estimate of drug-likeness (QED) is 0.114. The first-order valence-corrected chi connectivity index (χ1v) is 13.6. The van der Waals surface area contributed by atoms with Crippen molar-refractivity contribution in [3.63, 3.8) is 0 Å². The fourth-order valence-electron chi connectivity index (χ4n) is 4.99. The summed E-state index contributed by atoms with van der Waals surface area (Å²) in [5.74, 6) is 2.94. The molecule has 0 aliphatic carbocycles. The maximum atomic E-state index is 11.3. The fraction of sp³-hybridized carbons (Fsp3) is 0.125. The second-order valence-corrected chi connectivity index (χ2v) is 10.1. The minimum Gasteiger partial charge on any atom is -0.496 e. The summed E-state index contributed by atoms with van der Waals surface area (Å²) < 4.78 is 17.9. The number of nitrogens with one attached hydrogen (secondary N) is 1. The van der Waals surface area contributed by atoms with Gasteiger partial charge in [0, 0.05) is 18.0 Å². The number of furan rings is 1. The molecule has 5 aromatic rings. The predicted molar refractivity (Wildman–Crippen MR) is 163 cm³/mol. The number of thiocarbonyl (C=S) groups is 1. The van der Waals surface area contributed by atoms with Crippen molar-refractivity contribution in [2.45, 2.75) is 19.0 Å². The molecule has 0 radical (unpaired) electrons. The van der Waals surface area contributed by atoms with E-state index < -0.39 is 4.92 Å². The van der Waals surface area contributed by atoms with Gasteiger partial charge in [-0.05, 0) is 85.9 Å². The Hall–Kier alpha value is -5.22. The van der Waals surface area contributed by atoms with Gasteiger partial charge in [-0.15, -0.1) is 0 Å². The number of aromatic nitrogens is 1. The summed E-state index contributed by atoms with van der Waals surface area (Å²) in [5.41, 5.74) is 3.34. The molecule has 0 unspecified atom stereocenters. The molecule has 1 aliphatic rings. The molecule has 0 bridgehead atoms. The maximum absolute atomic E-state index is 11.3. The molecule has 1 N–H and O–H groups in total. The van der Waals surface area contributed by atoms with E-state index in [0.717, 1.165) is 22.7 Å². The lowest BCUT2D eigenvalue weighted by Crippen LogP contribution is -2.29. The van der Waals surface area contributed by atoms with Crippen molar-refractivity contribution in [2.24, 2.45) is 0 Å². The normalized spacial score (nSPS) is 16.2. The van der Waals surface area contributed by atoms with Crippen LogP contribution < -0.4 is 19.7 Å². The number of ether oxygens (including phenoxy) is 2. The number of pyridine rings is 1. The Morgan fingerprint density at radius 3 is 2.38 bits per heavy atom. The van der Waals surface area contributed by atoms with Crippen LogP contribution in [0.1, 0.15) is 29.1 Å². The van der Waals surface area contributed by atoms with Gasteiger partial charge in [0.1, 0.15) is 34.8 Å². The largest absolute Gasteiger partial charge is 0.496 e. The van der Waals surface area contributed by atoms with Crippen molar-refractivity contribution in [2.75, 3.05) is 12.0 Å². The lowest BCUT2D eigenvalue weighted by Gasteiger charge is -2.26. The van der Waals surface area contributed by atoms with Crippen molar-refractivity contribution in [1.29, 1.82) is 0 Å². The summed E-state index contributed by atoms with van der Waals surface area (Å²) in [6.45, 7) is 2.03. The van der Waals surface area contributed by atoms with Crippen molar-refractivity contribution in [3.8, 4) is 28.6 Å². The zero-order valence-electron chi connectivity index (χ0n) is 22.8. The van der Waals surface area contributed by atoms with Gasteiger partial charge in [0.2, 0.25) is 0 Å². The van der Waals surface area contributed by atoms with E-state index in [4.69, 9.17) is 26.1 Å². The van der Waals surface area contributed by atoms with E-state index in [1.165, 1.54) is 19.2 Å². The Bertz CT molecular complexity index is 1740. The highest BCUT2D eigenvalue weighted by Crippen LogP contribution is 2.44. The monoisotopic (exact) mass is 578 g/mol. The number of nitro groups is 1. The minimum atomic E-state index is -0.461. The number of rotatable bonds is 8. The van der Waals surface area contributed by atoms with Crippen LogP contribution >= 0.6 is 12.2 Å². The van der Waals surface area contributed by atoms with Crippen LogP contribution in [0.5, 0.6) is 17.2 Å². The molecule has 0 spiro atoms. The van der Waals surface area contributed by atoms with Crippen LogP contribution in [-0.2, 0) is 0 Å². The third kappa shape index (κ3) is 5.27. The number of nitrogens with zero attached hydrogens (tertiary/aromatic N) is 3. The molecule has 2 atom stereocenters. The first-order valence-electron chi connectivity index (χ1n) is 13.2. The standard InChI is InChI=1S/C32H26N4O5S/c1-20-6-11-23(12-7-20)40-24-13-8-21(9-14-24)35-31(30(34-32(35)42)26-5-3-4-18-33-26)28-17-16-27(41-28)25-15-10-22(36(37)38)19-29(25)39-2/h3-19,30-31H,1-2H3,(H,34,42)/t30-,31+/m1/s1. The van der Waals surface area contributed by atoms with Crippen LogP contribution in [0.2, 0.25) is 0 Å². The average molecular weight is 579 g/mol. The SMILES string of the molecule is COc1cc([N+](=O)[O-])ccc1-c1ccc([C@H]2[C@@H](c3ccccn3)NC(=S)N2c2ccc(Oc3ccc(C)cc3)cc2)o1.